The predicted octanol–water partition coefficient (Wildman–Crippen LogP) is 10.6. The minimum absolute atomic E-state index is 0.0260. The van der Waals surface area contributed by atoms with E-state index in [0.717, 1.165) is 61.3 Å². The lowest BCUT2D eigenvalue weighted by molar-refractivity contribution is 0.666. The average Bonchev–Trinajstić information content (AvgIpc) is 3.71. The normalized spacial score (nSPS) is 15.8. The van der Waals surface area contributed by atoms with Crippen LogP contribution in [0.3, 0.4) is 0 Å². The van der Waals surface area contributed by atoms with E-state index in [0.29, 0.717) is 0 Å². The van der Waals surface area contributed by atoms with Gasteiger partial charge in [0, 0.05) is 38.2 Å². The lowest BCUT2D eigenvalue weighted by Gasteiger charge is -2.28. The van der Waals surface area contributed by atoms with Crippen LogP contribution >= 0.6 is 0 Å². The van der Waals surface area contributed by atoms with E-state index in [-0.39, 0.29) is 6.04 Å². The van der Waals surface area contributed by atoms with Gasteiger partial charge < -0.3 is 14.3 Å². The first-order valence-electron chi connectivity index (χ1n) is 16.4. The van der Waals surface area contributed by atoms with Crippen molar-refractivity contribution in [3.05, 3.63) is 181 Å². The largest absolute Gasteiger partial charge is 0.454 e. The Morgan fingerprint density at radius 2 is 1.29 bits per heavy atom. The third-order valence-corrected chi connectivity index (χ3v) is 9.64. The molecule has 1 unspecified atom stereocenters. The number of amidine groups is 1. The van der Waals surface area contributed by atoms with Crippen LogP contribution in [0.4, 0.5) is 0 Å². The number of rotatable bonds is 4. The van der Waals surface area contributed by atoms with Crippen LogP contribution in [-0.4, -0.2) is 16.4 Å². The Morgan fingerprint density at radius 1 is 0.583 bits per heavy atom. The third-order valence-electron chi connectivity index (χ3n) is 9.64. The Labute approximate surface area is 277 Å². The van der Waals surface area contributed by atoms with E-state index in [4.69, 9.17) is 9.41 Å². The molecule has 48 heavy (non-hydrogen) atoms. The molecule has 0 amide bonds. The van der Waals surface area contributed by atoms with Crippen LogP contribution in [-0.2, 0) is 0 Å². The van der Waals surface area contributed by atoms with Crippen LogP contribution < -0.4 is 5.32 Å². The maximum Gasteiger partial charge on any atom is 0.159 e. The second kappa shape index (κ2) is 10.6. The summed E-state index contributed by atoms with van der Waals surface area (Å²) in [5.41, 5.74) is 11.7. The SMILES string of the molecule is C1=CC2=C(c3ccccc3)N=C(c3cccc4oc5c(-n6c7ccccc7c7c(-c8ccccc8)cccc76)cccc5c34)NC2C=C1. The molecule has 0 spiro atoms. The number of fused-ring (bicyclic) bond motifs is 7. The number of allylic oxidation sites excluding steroid dienone is 2. The van der Waals surface area contributed by atoms with Crippen molar-refractivity contribution < 1.29 is 4.42 Å². The summed E-state index contributed by atoms with van der Waals surface area (Å²) in [6.07, 6.45) is 8.54. The van der Waals surface area contributed by atoms with E-state index < -0.39 is 0 Å². The van der Waals surface area contributed by atoms with E-state index in [1.165, 1.54) is 27.5 Å². The van der Waals surface area contributed by atoms with Gasteiger partial charge in [-0.2, -0.15) is 0 Å². The zero-order valence-electron chi connectivity index (χ0n) is 26.0. The average molecular weight is 616 g/mol. The minimum atomic E-state index is 0.0260. The highest BCUT2D eigenvalue weighted by atomic mass is 16.3. The molecule has 10 rings (SSSR count). The molecule has 4 nitrogen and oxygen atoms in total. The number of hydrogen-bond acceptors (Lipinski definition) is 3. The second-order valence-electron chi connectivity index (χ2n) is 12.3. The lowest BCUT2D eigenvalue weighted by Crippen LogP contribution is -2.39. The summed E-state index contributed by atoms with van der Waals surface area (Å²) in [5.74, 6) is 0.839. The summed E-state index contributed by atoms with van der Waals surface area (Å²) in [4.78, 5) is 5.29. The van der Waals surface area contributed by atoms with E-state index in [1.54, 1.807) is 0 Å². The van der Waals surface area contributed by atoms with Crippen molar-refractivity contribution >= 4 is 55.3 Å². The highest BCUT2D eigenvalue weighted by Gasteiger charge is 2.27. The van der Waals surface area contributed by atoms with Gasteiger partial charge in [-0.3, -0.25) is 0 Å². The minimum Gasteiger partial charge on any atom is -0.454 e. The second-order valence-corrected chi connectivity index (χ2v) is 12.3. The first kappa shape index (κ1) is 26.8. The van der Waals surface area contributed by atoms with Gasteiger partial charge in [0.25, 0.3) is 0 Å². The van der Waals surface area contributed by atoms with Gasteiger partial charge in [0.15, 0.2) is 5.58 Å². The lowest BCUT2D eigenvalue weighted by atomic mass is 9.93. The Kier molecular flexibility index (Phi) is 5.90. The zero-order chi connectivity index (χ0) is 31.6. The highest BCUT2D eigenvalue weighted by molar-refractivity contribution is 6.21. The van der Waals surface area contributed by atoms with Crippen LogP contribution in [0.1, 0.15) is 11.1 Å². The fraction of sp³-hybridized carbons (Fsp3) is 0.0227. The Balaban J connectivity index is 1.22. The molecule has 2 aliphatic rings. The quantitative estimate of drug-likeness (QED) is 0.214. The van der Waals surface area contributed by atoms with Gasteiger partial charge in [-0.15, -0.1) is 0 Å². The summed E-state index contributed by atoms with van der Waals surface area (Å²) >= 11 is 0. The summed E-state index contributed by atoms with van der Waals surface area (Å²) in [7, 11) is 0. The van der Waals surface area contributed by atoms with Crippen LogP contribution in [0.5, 0.6) is 0 Å². The van der Waals surface area contributed by atoms with Gasteiger partial charge in [0.05, 0.1) is 28.5 Å². The molecule has 0 fully saturated rings. The fourth-order valence-electron chi connectivity index (χ4n) is 7.56. The number of nitrogens with one attached hydrogen (secondary N) is 1. The molecule has 2 aromatic heterocycles. The molecule has 3 heterocycles. The summed E-state index contributed by atoms with van der Waals surface area (Å²) in [6.45, 7) is 0. The molecule has 0 radical (unpaired) electrons. The van der Waals surface area contributed by atoms with E-state index in [9.17, 15) is 0 Å². The first-order valence-corrected chi connectivity index (χ1v) is 16.4. The van der Waals surface area contributed by atoms with Gasteiger partial charge in [0.2, 0.25) is 0 Å². The van der Waals surface area contributed by atoms with E-state index in [1.807, 2.05) is 6.07 Å². The maximum absolute atomic E-state index is 6.83. The zero-order valence-corrected chi connectivity index (χ0v) is 26.0. The Morgan fingerprint density at radius 3 is 2.17 bits per heavy atom. The molecule has 1 atom stereocenters. The molecular weight excluding hydrogens is 587 g/mol. The molecule has 226 valence electrons. The van der Waals surface area contributed by atoms with E-state index in [2.05, 4.69) is 168 Å². The number of nitrogens with zero attached hydrogens (tertiary/aromatic N) is 2. The summed E-state index contributed by atoms with van der Waals surface area (Å²) < 4.78 is 9.19. The summed E-state index contributed by atoms with van der Waals surface area (Å²) in [5, 5.41) is 8.30. The van der Waals surface area contributed by atoms with Crippen molar-refractivity contribution in [2.24, 2.45) is 4.99 Å². The number of furan rings is 1. The molecule has 4 heteroatoms. The van der Waals surface area contributed by atoms with Crippen molar-refractivity contribution in [1.82, 2.24) is 9.88 Å². The monoisotopic (exact) mass is 615 g/mol. The standard InChI is InChI=1S/C44H29N3O/c1-3-14-28(15-4-1)30-20-11-25-37-40(30)32-19-8-10-24-36(32)47(37)38-26-12-21-33-41-34(22-13-27-39(41)48-43(33)38)44-45-35-23-9-7-18-31(35)42(46-44)29-16-5-2-6-17-29/h1-27,35H,(H,45,46). The smallest absolute Gasteiger partial charge is 0.159 e. The summed E-state index contributed by atoms with van der Waals surface area (Å²) in [6, 6.07) is 49.2. The van der Waals surface area contributed by atoms with Gasteiger partial charge in [-0.25, -0.2) is 4.99 Å². The number of hydrogen-bond donors (Lipinski definition) is 1. The van der Waals surface area contributed by atoms with Gasteiger partial charge in [0.1, 0.15) is 11.4 Å². The highest BCUT2D eigenvalue weighted by Crippen LogP contribution is 2.42. The van der Waals surface area contributed by atoms with Crippen molar-refractivity contribution in [3.63, 3.8) is 0 Å². The molecule has 0 saturated heterocycles. The van der Waals surface area contributed by atoms with Crippen LogP contribution in [0.15, 0.2) is 179 Å². The fourth-order valence-corrected chi connectivity index (χ4v) is 7.56. The van der Waals surface area contributed by atoms with Gasteiger partial charge in [-0.1, -0.05) is 140 Å². The van der Waals surface area contributed by atoms with Crippen LogP contribution in [0.25, 0.3) is 66.3 Å². The van der Waals surface area contributed by atoms with E-state index >= 15 is 0 Å². The molecule has 1 N–H and O–H groups in total. The maximum atomic E-state index is 6.83. The number of aliphatic imine (C=N–C) groups is 1. The number of aromatic nitrogens is 1. The van der Waals surface area contributed by atoms with Crippen molar-refractivity contribution in [2.75, 3.05) is 0 Å². The third kappa shape index (κ3) is 3.99. The Bertz CT molecular complexity index is 2690. The Hall–Kier alpha value is -6.39. The molecule has 1 aliphatic heterocycles. The molecule has 1 aliphatic carbocycles. The van der Waals surface area contributed by atoms with Gasteiger partial charge >= 0.3 is 0 Å². The van der Waals surface area contributed by atoms with Crippen LogP contribution in [0, 0.1) is 0 Å². The molecule has 0 bridgehead atoms. The van der Waals surface area contributed by atoms with Crippen LogP contribution in [0.2, 0.25) is 0 Å². The molecular formula is C44H29N3O. The number of benzene rings is 6. The van der Waals surface area contributed by atoms with Crippen molar-refractivity contribution in [2.45, 2.75) is 6.04 Å². The number of para-hydroxylation sites is 2. The van der Waals surface area contributed by atoms with Crippen molar-refractivity contribution in [3.8, 4) is 16.8 Å². The first-order chi connectivity index (χ1) is 23.8. The van der Waals surface area contributed by atoms with Gasteiger partial charge in [-0.05, 0) is 35.4 Å². The molecule has 8 aromatic rings. The predicted molar refractivity (Wildman–Crippen MR) is 199 cm³/mol. The topological polar surface area (TPSA) is 42.5 Å². The molecule has 0 saturated carbocycles. The molecule has 6 aromatic carbocycles. The van der Waals surface area contributed by atoms with Crippen molar-refractivity contribution in [1.29, 1.82) is 0 Å².